The van der Waals surface area contributed by atoms with E-state index in [0.717, 1.165) is 6.07 Å². The number of methoxy groups -OCH3 is 1. The van der Waals surface area contributed by atoms with Gasteiger partial charge >= 0.3 is 5.97 Å². The summed E-state index contributed by atoms with van der Waals surface area (Å²) in [4.78, 5) is 33.2. The number of carboxylic acid groups (broad SMARTS) is 1. The highest BCUT2D eigenvalue weighted by Gasteiger charge is 2.28. The van der Waals surface area contributed by atoms with Crippen LogP contribution in [0.3, 0.4) is 0 Å². The number of nitrogens with one attached hydrogen (secondary N) is 1. The predicted molar refractivity (Wildman–Crippen MR) is 70.2 cm³/mol. The first kappa shape index (κ1) is 16.4. The second-order valence-electron chi connectivity index (χ2n) is 3.99. The van der Waals surface area contributed by atoms with Crippen molar-refractivity contribution in [3.8, 4) is 5.75 Å². The van der Waals surface area contributed by atoms with Crippen LogP contribution in [0.15, 0.2) is 18.2 Å². The van der Waals surface area contributed by atoms with Crippen molar-refractivity contribution in [1.29, 1.82) is 0 Å². The van der Waals surface area contributed by atoms with Gasteiger partial charge in [-0.25, -0.2) is 4.79 Å². The molecule has 21 heavy (non-hydrogen) atoms. The Labute approximate surface area is 119 Å². The lowest BCUT2D eigenvalue weighted by molar-refractivity contribution is -0.385. The second kappa shape index (κ2) is 7.20. The first-order valence-electron chi connectivity index (χ1n) is 5.88. The van der Waals surface area contributed by atoms with E-state index in [1.165, 1.54) is 19.2 Å². The van der Waals surface area contributed by atoms with E-state index >= 15 is 0 Å². The number of nitrogens with zero attached hydrogens (tertiary/aromatic N) is 1. The van der Waals surface area contributed by atoms with Crippen LogP contribution in [-0.4, -0.2) is 46.8 Å². The highest BCUT2D eigenvalue weighted by Crippen LogP contribution is 2.28. The maximum atomic E-state index is 12.1. The fourth-order valence-corrected chi connectivity index (χ4v) is 1.69. The van der Waals surface area contributed by atoms with Gasteiger partial charge in [-0.1, -0.05) is 6.07 Å². The standard InChI is InChI=1S/C12H14N2O7/c1-21-9-4-2-3-8(14(19)20)10(9)11(16)13-7(5-6-15)12(17)18/h2-4,7,15H,5-6H2,1H3,(H,13,16)(H,17,18). The summed E-state index contributed by atoms with van der Waals surface area (Å²) < 4.78 is 4.90. The molecule has 1 rings (SSSR count). The molecule has 0 saturated heterocycles. The van der Waals surface area contributed by atoms with Crippen LogP contribution in [0.2, 0.25) is 0 Å². The number of benzene rings is 1. The maximum absolute atomic E-state index is 12.1. The lowest BCUT2D eigenvalue weighted by Gasteiger charge is -2.14. The molecule has 0 aromatic heterocycles. The zero-order chi connectivity index (χ0) is 16.0. The van der Waals surface area contributed by atoms with Crippen molar-refractivity contribution in [2.75, 3.05) is 13.7 Å². The molecule has 114 valence electrons. The summed E-state index contributed by atoms with van der Waals surface area (Å²) in [7, 11) is 1.23. The fourth-order valence-electron chi connectivity index (χ4n) is 1.69. The third-order valence-corrected chi connectivity index (χ3v) is 2.67. The van der Waals surface area contributed by atoms with Crippen LogP contribution < -0.4 is 10.1 Å². The number of carbonyl (C=O) groups excluding carboxylic acids is 1. The van der Waals surface area contributed by atoms with Crippen molar-refractivity contribution >= 4 is 17.6 Å². The first-order chi connectivity index (χ1) is 9.92. The molecular formula is C12H14N2O7. The van der Waals surface area contributed by atoms with Crippen LogP contribution in [0.5, 0.6) is 5.75 Å². The Hall–Kier alpha value is -2.68. The zero-order valence-corrected chi connectivity index (χ0v) is 11.1. The van der Waals surface area contributed by atoms with Gasteiger partial charge < -0.3 is 20.3 Å². The molecule has 0 heterocycles. The van der Waals surface area contributed by atoms with E-state index < -0.39 is 35.1 Å². The molecule has 9 heteroatoms. The summed E-state index contributed by atoms with van der Waals surface area (Å²) in [6, 6.07) is 2.45. The number of rotatable bonds is 7. The van der Waals surface area contributed by atoms with Crippen molar-refractivity contribution in [2.24, 2.45) is 0 Å². The molecule has 0 radical (unpaired) electrons. The molecule has 3 N–H and O–H groups in total. The molecule has 0 aliphatic rings. The first-order valence-corrected chi connectivity index (χ1v) is 5.88. The van der Waals surface area contributed by atoms with E-state index in [2.05, 4.69) is 5.32 Å². The predicted octanol–water partition coefficient (Wildman–Crippen LogP) is 0.169. The molecule has 1 atom stereocenters. The molecule has 0 bridgehead atoms. The highest BCUT2D eigenvalue weighted by molar-refractivity contribution is 6.02. The Bertz CT molecular complexity index is 559. The number of ether oxygens (including phenoxy) is 1. The number of aliphatic carboxylic acids is 1. The largest absolute Gasteiger partial charge is 0.496 e. The lowest BCUT2D eigenvalue weighted by Crippen LogP contribution is -2.41. The molecule has 1 amide bonds. The summed E-state index contributed by atoms with van der Waals surface area (Å²) >= 11 is 0. The second-order valence-corrected chi connectivity index (χ2v) is 3.99. The molecule has 1 unspecified atom stereocenters. The minimum atomic E-state index is -1.35. The van der Waals surface area contributed by atoms with Gasteiger partial charge in [0.05, 0.1) is 12.0 Å². The zero-order valence-electron chi connectivity index (χ0n) is 11.1. The monoisotopic (exact) mass is 298 g/mol. The van der Waals surface area contributed by atoms with Gasteiger partial charge in [-0.15, -0.1) is 0 Å². The number of hydrogen-bond donors (Lipinski definition) is 3. The quantitative estimate of drug-likeness (QED) is 0.481. The van der Waals surface area contributed by atoms with Gasteiger partial charge in [0, 0.05) is 19.1 Å². The third kappa shape index (κ3) is 3.89. The van der Waals surface area contributed by atoms with Gasteiger partial charge in [-0.3, -0.25) is 14.9 Å². The van der Waals surface area contributed by atoms with Crippen molar-refractivity contribution in [2.45, 2.75) is 12.5 Å². The molecule has 1 aromatic carbocycles. The molecule has 0 aliphatic carbocycles. The van der Waals surface area contributed by atoms with Crippen LogP contribution in [0.25, 0.3) is 0 Å². The molecule has 1 aromatic rings. The molecule has 9 nitrogen and oxygen atoms in total. The van der Waals surface area contributed by atoms with Gasteiger partial charge in [0.15, 0.2) is 5.56 Å². The maximum Gasteiger partial charge on any atom is 0.326 e. The average Bonchev–Trinajstić information content (AvgIpc) is 2.45. The minimum Gasteiger partial charge on any atom is -0.496 e. The topological polar surface area (TPSA) is 139 Å². The van der Waals surface area contributed by atoms with Crippen LogP contribution >= 0.6 is 0 Å². The summed E-state index contributed by atoms with van der Waals surface area (Å²) in [6.07, 6.45) is -0.218. The van der Waals surface area contributed by atoms with Crippen LogP contribution in [-0.2, 0) is 4.79 Å². The summed E-state index contributed by atoms with van der Waals surface area (Å²) in [5.41, 5.74) is -0.867. The summed E-state index contributed by atoms with van der Waals surface area (Å²) in [5, 5.41) is 30.8. The fraction of sp³-hybridized carbons (Fsp3) is 0.333. The Kier molecular flexibility index (Phi) is 5.61. The number of amides is 1. The Balaban J connectivity index is 3.16. The van der Waals surface area contributed by atoms with E-state index in [9.17, 15) is 19.7 Å². The van der Waals surface area contributed by atoms with Gasteiger partial charge in [0.1, 0.15) is 11.8 Å². The van der Waals surface area contributed by atoms with Crippen molar-refractivity contribution < 1.29 is 29.5 Å². The van der Waals surface area contributed by atoms with E-state index in [0.29, 0.717) is 0 Å². The Morgan fingerprint density at radius 3 is 2.62 bits per heavy atom. The number of aliphatic hydroxyl groups excluding tert-OH is 1. The number of carbonyl (C=O) groups is 2. The van der Waals surface area contributed by atoms with Crippen molar-refractivity contribution in [3.05, 3.63) is 33.9 Å². The number of aliphatic hydroxyl groups is 1. The minimum absolute atomic E-state index is 0.0464. The highest BCUT2D eigenvalue weighted by atomic mass is 16.6. The van der Waals surface area contributed by atoms with Gasteiger partial charge in [-0.05, 0) is 6.07 Å². The Morgan fingerprint density at radius 2 is 2.14 bits per heavy atom. The third-order valence-electron chi connectivity index (χ3n) is 2.67. The Morgan fingerprint density at radius 1 is 1.48 bits per heavy atom. The van der Waals surface area contributed by atoms with E-state index in [1.807, 2.05) is 0 Å². The SMILES string of the molecule is COc1cccc([N+](=O)[O-])c1C(=O)NC(CCO)C(=O)O. The summed E-state index contributed by atoms with van der Waals surface area (Å²) in [5.74, 6) is -2.36. The van der Waals surface area contributed by atoms with E-state index in [-0.39, 0.29) is 17.7 Å². The number of nitro groups is 1. The van der Waals surface area contributed by atoms with Crippen LogP contribution in [0.4, 0.5) is 5.69 Å². The number of carboxylic acids is 1. The molecule has 0 saturated carbocycles. The number of nitro benzene ring substituents is 1. The van der Waals surface area contributed by atoms with E-state index in [1.54, 1.807) is 0 Å². The lowest BCUT2D eigenvalue weighted by atomic mass is 10.1. The molecule has 0 fully saturated rings. The average molecular weight is 298 g/mol. The van der Waals surface area contributed by atoms with Crippen molar-refractivity contribution in [3.63, 3.8) is 0 Å². The van der Waals surface area contributed by atoms with E-state index in [4.69, 9.17) is 14.9 Å². The van der Waals surface area contributed by atoms with Gasteiger partial charge in [0.2, 0.25) is 0 Å². The molecular weight excluding hydrogens is 284 g/mol. The summed E-state index contributed by atoms with van der Waals surface area (Å²) in [6.45, 7) is -0.453. The van der Waals surface area contributed by atoms with Crippen LogP contribution in [0, 0.1) is 10.1 Å². The van der Waals surface area contributed by atoms with Crippen molar-refractivity contribution in [1.82, 2.24) is 5.32 Å². The van der Waals surface area contributed by atoms with Gasteiger partial charge in [-0.2, -0.15) is 0 Å². The van der Waals surface area contributed by atoms with Crippen LogP contribution in [0.1, 0.15) is 16.8 Å². The normalized spacial score (nSPS) is 11.5. The smallest absolute Gasteiger partial charge is 0.326 e. The number of hydrogen-bond acceptors (Lipinski definition) is 6. The molecule has 0 aliphatic heterocycles. The van der Waals surface area contributed by atoms with Gasteiger partial charge in [0.25, 0.3) is 11.6 Å². The molecule has 0 spiro atoms.